The van der Waals surface area contributed by atoms with Crippen molar-refractivity contribution in [1.82, 2.24) is 14.5 Å². The van der Waals surface area contributed by atoms with Crippen LogP contribution in [0.25, 0.3) is 0 Å². The molecule has 0 aliphatic heterocycles. The van der Waals surface area contributed by atoms with Crippen molar-refractivity contribution in [3.05, 3.63) is 82.7 Å². The zero-order valence-corrected chi connectivity index (χ0v) is 12.4. The molecule has 6 nitrogen and oxygen atoms in total. The van der Waals surface area contributed by atoms with Crippen LogP contribution in [0.2, 0.25) is 0 Å². The van der Waals surface area contributed by atoms with Crippen molar-refractivity contribution < 1.29 is 5.11 Å². The summed E-state index contributed by atoms with van der Waals surface area (Å²) in [4.78, 5) is 20.2. The molecular weight excluding hydrogens is 292 g/mol. The highest BCUT2D eigenvalue weighted by Gasteiger charge is 2.02. The number of benzene rings is 1. The summed E-state index contributed by atoms with van der Waals surface area (Å²) < 4.78 is 1.64. The molecule has 3 rings (SSSR count). The minimum atomic E-state index is -0.228. The highest BCUT2D eigenvalue weighted by molar-refractivity contribution is 5.54. The molecule has 0 atom stereocenters. The molecule has 0 spiro atoms. The molecule has 0 radical (unpaired) electrons. The van der Waals surface area contributed by atoms with Gasteiger partial charge in [-0.25, -0.2) is 9.97 Å². The predicted molar refractivity (Wildman–Crippen MR) is 87.5 cm³/mol. The third-order valence-electron chi connectivity index (χ3n) is 3.31. The maximum atomic E-state index is 12.2. The molecule has 0 bridgehead atoms. The summed E-state index contributed by atoms with van der Waals surface area (Å²) in [5, 5.41) is 12.1. The first-order valence-corrected chi connectivity index (χ1v) is 7.19. The lowest BCUT2D eigenvalue weighted by molar-refractivity contribution is 0.271. The van der Waals surface area contributed by atoms with Gasteiger partial charge in [-0.3, -0.25) is 4.79 Å². The van der Waals surface area contributed by atoms with Crippen LogP contribution in [0.4, 0.5) is 11.5 Å². The number of rotatable bonds is 5. The zero-order valence-electron chi connectivity index (χ0n) is 12.4. The molecule has 0 saturated carbocycles. The summed E-state index contributed by atoms with van der Waals surface area (Å²) in [6.07, 6.45) is 3.29. The fourth-order valence-electron chi connectivity index (χ4n) is 2.19. The Hall–Kier alpha value is -2.99. The van der Waals surface area contributed by atoms with E-state index in [0.29, 0.717) is 23.9 Å². The van der Waals surface area contributed by atoms with E-state index in [1.54, 1.807) is 23.0 Å². The van der Waals surface area contributed by atoms with Crippen molar-refractivity contribution >= 4 is 11.5 Å². The Balaban J connectivity index is 1.77. The molecule has 1 aromatic carbocycles. The van der Waals surface area contributed by atoms with Gasteiger partial charge in [-0.1, -0.05) is 30.3 Å². The number of hydrogen-bond donors (Lipinski definition) is 2. The van der Waals surface area contributed by atoms with Crippen LogP contribution in [0.3, 0.4) is 0 Å². The van der Waals surface area contributed by atoms with Gasteiger partial charge >= 0.3 is 0 Å². The molecule has 23 heavy (non-hydrogen) atoms. The maximum absolute atomic E-state index is 12.2. The molecule has 0 unspecified atom stereocenters. The SMILES string of the molecule is O=c1cc(Nc2ccnc(CO)n2)ccn1Cc1ccccc1. The number of anilines is 2. The second-order valence-electron chi connectivity index (χ2n) is 5.01. The molecule has 0 aliphatic carbocycles. The van der Waals surface area contributed by atoms with Crippen molar-refractivity contribution in [2.24, 2.45) is 0 Å². The Kier molecular flexibility index (Phi) is 4.44. The van der Waals surface area contributed by atoms with Crippen LogP contribution in [0.1, 0.15) is 11.4 Å². The lowest BCUT2D eigenvalue weighted by Gasteiger charge is -2.09. The molecule has 0 saturated heterocycles. The number of hydrogen-bond acceptors (Lipinski definition) is 5. The molecule has 6 heteroatoms. The van der Waals surface area contributed by atoms with Crippen LogP contribution < -0.4 is 10.9 Å². The van der Waals surface area contributed by atoms with Gasteiger partial charge in [0.15, 0.2) is 5.82 Å². The van der Waals surface area contributed by atoms with Gasteiger partial charge in [0.25, 0.3) is 5.56 Å². The van der Waals surface area contributed by atoms with E-state index in [1.165, 1.54) is 6.07 Å². The standard InChI is InChI=1S/C17H16N4O2/c22-12-16-18-8-6-15(20-16)19-14-7-9-21(17(23)10-14)11-13-4-2-1-3-5-13/h1-10,22H,11-12H2,(H,18,19,20). The number of aliphatic hydroxyl groups excluding tert-OH is 1. The largest absolute Gasteiger partial charge is 0.388 e. The van der Waals surface area contributed by atoms with Crippen LogP contribution in [0, 0.1) is 0 Å². The number of nitrogens with zero attached hydrogens (tertiary/aromatic N) is 3. The third kappa shape index (κ3) is 3.81. The van der Waals surface area contributed by atoms with Crippen LogP contribution >= 0.6 is 0 Å². The molecule has 116 valence electrons. The number of aliphatic hydroxyl groups is 1. The molecule has 2 aromatic heterocycles. The topological polar surface area (TPSA) is 80.0 Å². The van der Waals surface area contributed by atoms with Crippen molar-refractivity contribution in [3.8, 4) is 0 Å². The summed E-state index contributed by atoms with van der Waals surface area (Å²) in [5.41, 5.74) is 1.61. The van der Waals surface area contributed by atoms with Gasteiger partial charge in [-0.05, 0) is 17.7 Å². The van der Waals surface area contributed by atoms with Crippen molar-refractivity contribution in [3.63, 3.8) is 0 Å². The number of pyridine rings is 1. The van der Waals surface area contributed by atoms with Gasteiger partial charge in [0, 0.05) is 24.1 Å². The van der Waals surface area contributed by atoms with Crippen LogP contribution in [-0.2, 0) is 13.2 Å². The summed E-state index contributed by atoms with van der Waals surface area (Å²) in [7, 11) is 0. The monoisotopic (exact) mass is 308 g/mol. The van der Waals surface area contributed by atoms with Crippen molar-refractivity contribution in [2.75, 3.05) is 5.32 Å². The molecule has 3 aromatic rings. The van der Waals surface area contributed by atoms with E-state index in [1.807, 2.05) is 36.4 Å². The van der Waals surface area contributed by atoms with Crippen LogP contribution in [-0.4, -0.2) is 19.6 Å². The van der Waals surface area contributed by atoms with Gasteiger partial charge in [0.1, 0.15) is 12.4 Å². The number of nitrogens with one attached hydrogen (secondary N) is 1. The van der Waals surface area contributed by atoms with Crippen LogP contribution in [0.5, 0.6) is 0 Å². The molecule has 2 N–H and O–H groups in total. The highest BCUT2D eigenvalue weighted by Crippen LogP contribution is 2.12. The minimum Gasteiger partial charge on any atom is -0.388 e. The lowest BCUT2D eigenvalue weighted by Crippen LogP contribution is -2.19. The number of aromatic nitrogens is 3. The second kappa shape index (κ2) is 6.85. The smallest absolute Gasteiger partial charge is 0.252 e. The van der Waals surface area contributed by atoms with Crippen molar-refractivity contribution in [2.45, 2.75) is 13.2 Å². The van der Waals surface area contributed by atoms with E-state index in [9.17, 15) is 4.79 Å². The van der Waals surface area contributed by atoms with Gasteiger partial charge in [0.05, 0.1) is 6.54 Å². The van der Waals surface area contributed by atoms with Gasteiger partial charge in [-0.2, -0.15) is 0 Å². The molecular formula is C17H16N4O2. The average Bonchev–Trinajstić information content (AvgIpc) is 2.58. The van der Waals surface area contributed by atoms with Crippen LogP contribution in [0.15, 0.2) is 65.7 Å². The molecule has 0 amide bonds. The predicted octanol–water partition coefficient (Wildman–Crippen LogP) is 1.92. The fourth-order valence-corrected chi connectivity index (χ4v) is 2.19. The first-order chi connectivity index (χ1) is 11.2. The van der Waals surface area contributed by atoms with E-state index >= 15 is 0 Å². The summed E-state index contributed by atoms with van der Waals surface area (Å²) >= 11 is 0. The van der Waals surface area contributed by atoms with E-state index in [4.69, 9.17) is 5.11 Å². The van der Waals surface area contributed by atoms with E-state index < -0.39 is 0 Å². The average molecular weight is 308 g/mol. The Morgan fingerprint density at radius 3 is 2.70 bits per heavy atom. The first kappa shape index (κ1) is 14.9. The summed E-state index contributed by atoms with van der Waals surface area (Å²) in [6.45, 7) is 0.302. The second-order valence-corrected chi connectivity index (χ2v) is 5.01. The fraction of sp³-hybridized carbons (Fsp3) is 0.118. The van der Waals surface area contributed by atoms with Crippen molar-refractivity contribution in [1.29, 1.82) is 0 Å². The molecule has 2 heterocycles. The van der Waals surface area contributed by atoms with E-state index in [0.717, 1.165) is 5.56 Å². The molecule has 0 aliphatic rings. The summed E-state index contributed by atoms with van der Waals surface area (Å²) in [5.74, 6) is 0.858. The molecule has 0 fully saturated rings. The van der Waals surface area contributed by atoms with Gasteiger partial charge in [-0.15, -0.1) is 0 Å². The van der Waals surface area contributed by atoms with E-state index in [-0.39, 0.29) is 12.2 Å². The summed E-state index contributed by atoms with van der Waals surface area (Å²) in [6, 6.07) is 14.8. The van der Waals surface area contributed by atoms with Gasteiger partial charge in [0.2, 0.25) is 0 Å². The lowest BCUT2D eigenvalue weighted by atomic mass is 10.2. The Bertz CT molecular complexity index is 846. The Morgan fingerprint density at radius 1 is 1.13 bits per heavy atom. The Morgan fingerprint density at radius 2 is 1.96 bits per heavy atom. The van der Waals surface area contributed by atoms with E-state index in [2.05, 4.69) is 15.3 Å². The zero-order chi connectivity index (χ0) is 16.1. The minimum absolute atomic E-state index is 0.102. The first-order valence-electron chi connectivity index (χ1n) is 7.19. The normalized spacial score (nSPS) is 10.5. The third-order valence-corrected chi connectivity index (χ3v) is 3.31. The Labute approximate surface area is 133 Å². The highest BCUT2D eigenvalue weighted by atomic mass is 16.3. The maximum Gasteiger partial charge on any atom is 0.252 e. The quantitative estimate of drug-likeness (QED) is 0.753. The van der Waals surface area contributed by atoms with Gasteiger partial charge < -0.3 is 15.0 Å².